The third-order valence-corrected chi connectivity index (χ3v) is 2.52. The van der Waals surface area contributed by atoms with E-state index in [9.17, 15) is 27.9 Å². The normalized spacial score (nSPS) is 23.2. The lowest BCUT2D eigenvalue weighted by molar-refractivity contribution is -0.238. The molecule has 1 N–H and O–H groups in total. The molecule has 0 aromatic rings. The molecule has 2 unspecified atom stereocenters. The number of esters is 2. The zero-order valence-electron chi connectivity index (χ0n) is 9.41. The van der Waals surface area contributed by atoms with Crippen molar-refractivity contribution in [2.75, 3.05) is 6.61 Å². The van der Waals surface area contributed by atoms with Gasteiger partial charge in [0, 0.05) is 6.42 Å². The van der Waals surface area contributed by atoms with Gasteiger partial charge in [-0.3, -0.25) is 0 Å². The lowest BCUT2D eigenvalue weighted by Gasteiger charge is -2.27. The number of hydrogen-bond acceptors (Lipinski definition) is 5. The van der Waals surface area contributed by atoms with E-state index in [1.165, 1.54) is 0 Å². The van der Waals surface area contributed by atoms with Crippen molar-refractivity contribution in [1.82, 2.24) is 0 Å². The summed E-state index contributed by atoms with van der Waals surface area (Å²) in [5.41, 5.74) is -4.60. The summed E-state index contributed by atoms with van der Waals surface area (Å²) in [6.07, 6.45) is -6.26. The molecule has 0 aromatic carbocycles. The zero-order chi connectivity index (χ0) is 14.1. The second-order valence-electron chi connectivity index (χ2n) is 3.90. The molecule has 1 saturated heterocycles. The molecular formula is C10H11F3O5. The van der Waals surface area contributed by atoms with E-state index in [0.29, 0.717) is 6.92 Å². The Morgan fingerprint density at radius 2 is 2.11 bits per heavy atom. The molecule has 5 nitrogen and oxygen atoms in total. The number of carbonyl (C=O) groups excluding carboxylic acids is 2. The smallest absolute Gasteiger partial charge is 0.421 e. The first-order valence-electron chi connectivity index (χ1n) is 4.93. The van der Waals surface area contributed by atoms with E-state index in [1.54, 1.807) is 0 Å². The van der Waals surface area contributed by atoms with Gasteiger partial charge in [0.1, 0.15) is 0 Å². The fraction of sp³-hybridized carbons (Fsp3) is 0.600. The van der Waals surface area contributed by atoms with Crippen LogP contribution in [0.15, 0.2) is 12.2 Å². The number of carbonyl (C=O) groups is 2. The number of cyclic esters (lactones) is 1. The highest BCUT2D eigenvalue weighted by Gasteiger charge is 2.54. The van der Waals surface area contributed by atoms with Crippen molar-refractivity contribution in [1.29, 1.82) is 0 Å². The van der Waals surface area contributed by atoms with E-state index >= 15 is 0 Å². The summed E-state index contributed by atoms with van der Waals surface area (Å²) in [7, 11) is 0. The molecule has 8 heteroatoms. The van der Waals surface area contributed by atoms with Crippen LogP contribution in [0.4, 0.5) is 13.2 Å². The maximum Gasteiger partial charge on any atom is 0.421 e. The third-order valence-electron chi connectivity index (χ3n) is 2.52. The minimum Gasteiger partial charge on any atom is -0.463 e. The van der Waals surface area contributed by atoms with Gasteiger partial charge in [-0.2, -0.15) is 13.2 Å². The van der Waals surface area contributed by atoms with Crippen LogP contribution in [0, 0.1) is 0 Å². The van der Waals surface area contributed by atoms with Gasteiger partial charge in [-0.05, 0) is 6.92 Å². The first-order chi connectivity index (χ1) is 8.07. The SMILES string of the molecule is C=C(C(=O)OC1CCOC1=O)C(C)(O)C(F)(F)F. The molecule has 0 aromatic heterocycles. The van der Waals surface area contributed by atoms with Gasteiger partial charge in [-0.1, -0.05) is 6.58 Å². The first kappa shape index (κ1) is 14.5. The van der Waals surface area contributed by atoms with Crippen molar-refractivity contribution in [2.24, 2.45) is 0 Å². The molecule has 0 saturated carbocycles. The highest BCUT2D eigenvalue weighted by atomic mass is 19.4. The maximum absolute atomic E-state index is 12.4. The summed E-state index contributed by atoms with van der Waals surface area (Å²) in [5, 5.41) is 9.19. The first-order valence-corrected chi connectivity index (χ1v) is 4.93. The quantitative estimate of drug-likeness (QED) is 0.603. The Balaban J connectivity index is 2.73. The highest BCUT2D eigenvalue weighted by Crippen LogP contribution is 2.35. The van der Waals surface area contributed by atoms with Crippen LogP contribution in [0.1, 0.15) is 13.3 Å². The Morgan fingerprint density at radius 1 is 1.56 bits per heavy atom. The number of hydrogen-bond donors (Lipinski definition) is 1. The Hall–Kier alpha value is -1.57. The predicted octanol–water partition coefficient (Wildman–Crippen LogP) is 0.715. The van der Waals surface area contributed by atoms with Gasteiger partial charge >= 0.3 is 18.1 Å². The van der Waals surface area contributed by atoms with Gasteiger partial charge in [-0.15, -0.1) is 0 Å². The van der Waals surface area contributed by atoms with E-state index in [2.05, 4.69) is 16.1 Å². The predicted molar refractivity (Wildman–Crippen MR) is 51.3 cm³/mol. The van der Waals surface area contributed by atoms with Crippen LogP contribution in [0.25, 0.3) is 0 Å². The summed E-state index contributed by atoms with van der Waals surface area (Å²) in [5.74, 6) is -2.32. The lowest BCUT2D eigenvalue weighted by Crippen LogP contribution is -2.46. The standard InChI is InChI=1S/C10H11F3O5/c1-5(9(2,16)10(11,12)13)7(14)18-6-3-4-17-8(6)15/h6,16H,1,3-4H2,2H3. The second-order valence-corrected chi connectivity index (χ2v) is 3.90. The molecule has 1 rings (SSSR count). The van der Waals surface area contributed by atoms with Gasteiger partial charge in [0.15, 0.2) is 5.60 Å². The van der Waals surface area contributed by atoms with Crippen LogP contribution in [0.2, 0.25) is 0 Å². The Bertz CT molecular complexity index is 385. The van der Waals surface area contributed by atoms with Gasteiger partial charge in [-0.25, -0.2) is 9.59 Å². The zero-order valence-corrected chi connectivity index (χ0v) is 9.41. The number of rotatable bonds is 3. The Morgan fingerprint density at radius 3 is 2.50 bits per heavy atom. The van der Waals surface area contributed by atoms with Crippen molar-refractivity contribution in [3.05, 3.63) is 12.2 Å². The maximum atomic E-state index is 12.4. The number of ether oxygens (including phenoxy) is 2. The van der Waals surface area contributed by atoms with Crippen molar-refractivity contribution in [3.8, 4) is 0 Å². The summed E-state index contributed by atoms with van der Waals surface area (Å²) in [6, 6.07) is 0. The molecule has 18 heavy (non-hydrogen) atoms. The van der Waals surface area contributed by atoms with Gasteiger partial charge in [0.2, 0.25) is 6.10 Å². The molecule has 0 spiro atoms. The van der Waals surface area contributed by atoms with Gasteiger partial charge in [0.25, 0.3) is 0 Å². The van der Waals surface area contributed by atoms with Crippen molar-refractivity contribution < 1.29 is 37.3 Å². The monoisotopic (exact) mass is 268 g/mol. The summed E-state index contributed by atoms with van der Waals surface area (Å²) in [6.45, 7) is 3.27. The number of halogens is 3. The Kier molecular flexibility index (Phi) is 3.70. The fourth-order valence-corrected chi connectivity index (χ4v) is 1.15. The van der Waals surface area contributed by atoms with E-state index in [0.717, 1.165) is 0 Å². The molecule has 0 radical (unpaired) electrons. The average molecular weight is 268 g/mol. The molecule has 0 bridgehead atoms. The Labute approximate surface area is 100 Å². The lowest BCUT2D eigenvalue weighted by atomic mass is 9.97. The molecule has 0 aliphatic carbocycles. The molecule has 1 aliphatic rings. The molecule has 0 amide bonds. The fourth-order valence-electron chi connectivity index (χ4n) is 1.15. The molecule has 1 aliphatic heterocycles. The van der Waals surface area contributed by atoms with E-state index in [1.807, 2.05) is 0 Å². The highest BCUT2D eigenvalue weighted by molar-refractivity contribution is 5.92. The van der Waals surface area contributed by atoms with Crippen LogP contribution in [-0.4, -0.2) is 41.5 Å². The van der Waals surface area contributed by atoms with Crippen molar-refractivity contribution in [2.45, 2.75) is 31.2 Å². The van der Waals surface area contributed by atoms with E-state index < -0.39 is 35.4 Å². The minimum absolute atomic E-state index is 0.0267. The molecule has 102 valence electrons. The summed E-state index contributed by atoms with van der Waals surface area (Å²) in [4.78, 5) is 22.3. The summed E-state index contributed by atoms with van der Waals surface area (Å²) < 4.78 is 46.2. The summed E-state index contributed by atoms with van der Waals surface area (Å²) >= 11 is 0. The third kappa shape index (κ3) is 2.63. The molecular weight excluding hydrogens is 257 g/mol. The largest absolute Gasteiger partial charge is 0.463 e. The van der Waals surface area contributed by atoms with Crippen LogP contribution >= 0.6 is 0 Å². The van der Waals surface area contributed by atoms with Crippen molar-refractivity contribution in [3.63, 3.8) is 0 Å². The number of aliphatic hydroxyl groups is 1. The average Bonchev–Trinajstić information content (AvgIpc) is 2.61. The van der Waals surface area contributed by atoms with Crippen LogP contribution < -0.4 is 0 Å². The van der Waals surface area contributed by atoms with Crippen LogP contribution in [0.3, 0.4) is 0 Å². The second kappa shape index (κ2) is 4.60. The molecule has 1 fully saturated rings. The minimum atomic E-state index is -5.07. The van der Waals surface area contributed by atoms with Gasteiger partial charge < -0.3 is 14.6 Å². The van der Waals surface area contributed by atoms with E-state index in [-0.39, 0.29) is 13.0 Å². The number of alkyl halides is 3. The molecule has 2 atom stereocenters. The van der Waals surface area contributed by atoms with Crippen molar-refractivity contribution >= 4 is 11.9 Å². The molecule has 1 heterocycles. The topological polar surface area (TPSA) is 72.8 Å². The van der Waals surface area contributed by atoms with E-state index in [4.69, 9.17) is 0 Å². The van der Waals surface area contributed by atoms with Crippen LogP contribution in [-0.2, 0) is 19.1 Å². The van der Waals surface area contributed by atoms with Gasteiger partial charge in [0.05, 0.1) is 12.2 Å². The van der Waals surface area contributed by atoms with Crippen LogP contribution in [0.5, 0.6) is 0 Å².